The molecule has 3 nitrogen and oxygen atoms in total. The highest BCUT2D eigenvalue weighted by Gasteiger charge is 2.06. The summed E-state index contributed by atoms with van der Waals surface area (Å²) in [6, 6.07) is 0. The van der Waals surface area contributed by atoms with Crippen LogP contribution < -0.4 is 5.84 Å². The smallest absolute Gasteiger partial charge is 0.137 e. The minimum atomic E-state index is 0.663. The second-order valence-corrected chi connectivity index (χ2v) is 3.25. The molecule has 2 N–H and O–H groups in total. The third-order valence-electron chi connectivity index (χ3n) is 1.24. The van der Waals surface area contributed by atoms with E-state index in [1.165, 1.54) is 0 Å². The summed E-state index contributed by atoms with van der Waals surface area (Å²) >= 11 is 3.36. The van der Waals surface area contributed by atoms with Gasteiger partial charge in [0.1, 0.15) is 5.76 Å². The van der Waals surface area contributed by atoms with Gasteiger partial charge < -0.3 is 9.75 Å². The van der Waals surface area contributed by atoms with Crippen molar-refractivity contribution in [3.63, 3.8) is 0 Å². The van der Waals surface area contributed by atoms with Crippen molar-refractivity contribution >= 4 is 15.9 Å². The first-order valence-electron chi connectivity index (χ1n) is 3.44. The summed E-state index contributed by atoms with van der Waals surface area (Å²) < 4.78 is 6.29. The topological polar surface area (TPSA) is 38.5 Å². The number of rotatable bonds is 2. The Bertz CT molecular complexity index is 201. The van der Waals surface area contributed by atoms with Gasteiger partial charge in [0.25, 0.3) is 0 Å². The fourth-order valence-electron chi connectivity index (χ4n) is 0.866. The molecule has 1 aliphatic rings. The summed E-state index contributed by atoms with van der Waals surface area (Å²) in [7, 11) is 0. The van der Waals surface area contributed by atoms with Gasteiger partial charge in [-0.15, -0.1) is 0 Å². The van der Waals surface area contributed by atoms with Crippen molar-refractivity contribution < 1.29 is 4.74 Å². The van der Waals surface area contributed by atoms with Crippen LogP contribution in [0.25, 0.3) is 0 Å². The first kappa shape index (κ1) is 8.62. The van der Waals surface area contributed by atoms with E-state index < -0.39 is 0 Å². The molecule has 1 heterocycles. The molecule has 4 heteroatoms. The highest BCUT2D eigenvalue weighted by atomic mass is 79.9. The maximum Gasteiger partial charge on any atom is 0.137 e. The van der Waals surface area contributed by atoms with Crippen molar-refractivity contribution in [2.24, 2.45) is 5.84 Å². The second-order valence-electron chi connectivity index (χ2n) is 2.23. The summed E-state index contributed by atoms with van der Waals surface area (Å²) in [6.45, 7) is 3.31. The lowest BCUT2D eigenvalue weighted by molar-refractivity contribution is 0.228. The number of halogens is 1. The van der Waals surface area contributed by atoms with E-state index in [1.54, 1.807) is 11.2 Å². The molecule has 0 aliphatic carbocycles. The monoisotopic (exact) mass is 218 g/mol. The first-order chi connectivity index (χ1) is 5.22. The number of hydrogen-bond donors (Lipinski definition) is 1. The normalized spacial score (nSPS) is 17.5. The quantitative estimate of drug-likeness (QED) is 0.712. The number of ether oxygens (including phenoxy) is 1. The Morgan fingerprint density at radius 1 is 1.82 bits per heavy atom. The Morgan fingerprint density at radius 3 is 3.09 bits per heavy atom. The molecule has 0 saturated carbocycles. The van der Waals surface area contributed by atoms with E-state index >= 15 is 0 Å². The lowest BCUT2D eigenvalue weighted by atomic mass is 10.3. The van der Waals surface area contributed by atoms with Crippen LogP contribution >= 0.6 is 15.9 Å². The maximum absolute atomic E-state index is 5.55. The van der Waals surface area contributed by atoms with E-state index in [0.29, 0.717) is 13.2 Å². The van der Waals surface area contributed by atoms with Crippen LogP contribution in [-0.4, -0.2) is 18.2 Å². The molecule has 62 valence electrons. The Kier molecular flexibility index (Phi) is 2.96. The van der Waals surface area contributed by atoms with Gasteiger partial charge in [-0.1, -0.05) is 15.9 Å². The van der Waals surface area contributed by atoms with E-state index in [4.69, 9.17) is 10.6 Å². The molecule has 0 atom stereocenters. The summed E-state index contributed by atoms with van der Waals surface area (Å²) in [5.41, 5.74) is 0. The van der Waals surface area contributed by atoms with Gasteiger partial charge >= 0.3 is 0 Å². The molecule has 1 rings (SSSR count). The fraction of sp³-hybridized carbons (Fsp3) is 0.429. The number of hydrazine groups is 1. The van der Waals surface area contributed by atoms with E-state index in [1.807, 2.05) is 13.0 Å². The van der Waals surface area contributed by atoms with E-state index in [9.17, 15) is 0 Å². The standard InChI is InChI=1S/C7H11BrN2O/c1-2-11-7-3-6(8)4-10(9)5-7/h3,5H,2,4,9H2,1H3. The van der Waals surface area contributed by atoms with Crippen molar-refractivity contribution in [3.05, 3.63) is 22.5 Å². The molecule has 11 heavy (non-hydrogen) atoms. The molecule has 0 fully saturated rings. The van der Waals surface area contributed by atoms with Gasteiger partial charge in [0.05, 0.1) is 19.4 Å². The van der Waals surface area contributed by atoms with Crippen LogP contribution in [0.5, 0.6) is 0 Å². The maximum atomic E-state index is 5.55. The van der Waals surface area contributed by atoms with Gasteiger partial charge in [-0.3, -0.25) is 0 Å². The van der Waals surface area contributed by atoms with Crippen molar-refractivity contribution in [3.8, 4) is 0 Å². The zero-order valence-electron chi connectivity index (χ0n) is 6.38. The van der Waals surface area contributed by atoms with Gasteiger partial charge in [-0.05, 0) is 13.0 Å². The molecule has 0 aromatic rings. The van der Waals surface area contributed by atoms with Crippen LogP contribution in [0.2, 0.25) is 0 Å². The zero-order chi connectivity index (χ0) is 8.27. The second kappa shape index (κ2) is 3.78. The van der Waals surface area contributed by atoms with Gasteiger partial charge in [0.2, 0.25) is 0 Å². The molecular formula is C7H11BrN2O. The lowest BCUT2D eigenvalue weighted by Gasteiger charge is -2.19. The molecule has 0 radical (unpaired) electrons. The molecule has 0 amide bonds. The number of nitrogens with two attached hydrogens (primary N) is 1. The number of nitrogens with zero attached hydrogens (tertiary/aromatic N) is 1. The van der Waals surface area contributed by atoms with Crippen molar-refractivity contribution in [2.45, 2.75) is 6.92 Å². The molecular weight excluding hydrogens is 208 g/mol. The first-order valence-corrected chi connectivity index (χ1v) is 4.23. The minimum Gasteiger partial charge on any atom is -0.492 e. The molecule has 0 aromatic heterocycles. The fourth-order valence-corrected chi connectivity index (χ4v) is 1.38. The molecule has 0 unspecified atom stereocenters. The highest BCUT2D eigenvalue weighted by molar-refractivity contribution is 9.11. The van der Waals surface area contributed by atoms with Gasteiger partial charge in [-0.25, -0.2) is 5.84 Å². The van der Waals surface area contributed by atoms with E-state index in [0.717, 1.165) is 10.2 Å². The minimum absolute atomic E-state index is 0.663. The Balaban J connectivity index is 2.62. The Morgan fingerprint density at radius 2 is 2.55 bits per heavy atom. The van der Waals surface area contributed by atoms with Crippen LogP contribution in [0.1, 0.15) is 6.92 Å². The molecule has 0 aromatic carbocycles. The van der Waals surface area contributed by atoms with E-state index in [-0.39, 0.29) is 0 Å². The van der Waals surface area contributed by atoms with Crippen LogP contribution in [-0.2, 0) is 4.74 Å². The summed E-state index contributed by atoms with van der Waals surface area (Å²) in [5.74, 6) is 6.35. The van der Waals surface area contributed by atoms with Crippen LogP contribution in [0.15, 0.2) is 22.5 Å². The van der Waals surface area contributed by atoms with Crippen molar-refractivity contribution in [1.82, 2.24) is 5.01 Å². The van der Waals surface area contributed by atoms with Crippen LogP contribution in [0.3, 0.4) is 0 Å². The molecule has 0 saturated heterocycles. The average Bonchev–Trinajstić information content (AvgIpc) is 1.85. The largest absolute Gasteiger partial charge is 0.492 e. The third kappa shape index (κ3) is 2.55. The summed E-state index contributed by atoms with van der Waals surface area (Å²) in [6.07, 6.45) is 3.70. The zero-order valence-corrected chi connectivity index (χ0v) is 7.97. The average molecular weight is 219 g/mol. The summed E-state index contributed by atoms with van der Waals surface area (Å²) in [4.78, 5) is 0. The Labute approximate surface area is 74.6 Å². The number of hydrogen-bond acceptors (Lipinski definition) is 3. The lowest BCUT2D eigenvalue weighted by Crippen LogP contribution is -2.29. The van der Waals surface area contributed by atoms with Crippen LogP contribution in [0.4, 0.5) is 0 Å². The van der Waals surface area contributed by atoms with E-state index in [2.05, 4.69) is 15.9 Å². The number of allylic oxidation sites excluding steroid dienone is 1. The third-order valence-corrected chi connectivity index (χ3v) is 1.72. The predicted octanol–water partition coefficient (Wildman–Crippen LogP) is 1.33. The van der Waals surface area contributed by atoms with Crippen molar-refractivity contribution in [1.29, 1.82) is 0 Å². The molecule has 0 spiro atoms. The van der Waals surface area contributed by atoms with Gasteiger partial charge in [-0.2, -0.15) is 0 Å². The SMILES string of the molecule is CCOC1=CN(N)CC(Br)=C1. The highest BCUT2D eigenvalue weighted by Crippen LogP contribution is 2.16. The van der Waals surface area contributed by atoms with Gasteiger partial charge in [0, 0.05) is 4.48 Å². The van der Waals surface area contributed by atoms with Crippen molar-refractivity contribution in [2.75, 3.05) is 13.2 Å². The molecule has 0 bridgehead atoms. The predicted molar refractivity (Wildman–Crippen MR) is 47.6 cm³/mol. The van der Waals surface area contributed by atoms with Crippen LogP contribution in [0, 0.1) is 0 Å². The van der Waals surface area contributed by atoms with Gasteiger partial charge in [0.15, 0.2) is 0 Å². The molecule has 1 aliphatic heterocycles. The summed E-state index contributed by atoms with van der Waals surface area (Å²) in [5, 5.41) is 1.58. The Hall–Kier alpha value is -0.480.